The SMILES string of the molecule is Cc1ccoc1C(=O)NCCC1CCCN1. The Bertz CT molecular complexity index is 354. The highest BCUT2D eigenvalue weighted by Gasteiger charge is 2.15. The molecule has 1 aromatic rings. The van der Waals surface area contributed by atoms with E-state index in [9.17, 15) is 4.79 Å². The summed E-state index contributed by atoms with van der Waals surface area (Å²) in [5.41, 5.74) is 0.886. The Labute approximate surface area is 95.4 Å². The van der Waals surface area contributed by atoms with Crippen molar-refractivity contribution in [2.24, 2.45) is 0 Å². The van der Waals surface area contributed by atoms with E-state index in [2.05, 4.69) is 10.6 Å². The predicted molar refractivity (Wildman–Crippen MR) is 61.4 cm³/mol. The molecule has 4 nitrogen and oxygen atoms in total. The number of furan rings is 1. The van der Waals surface area contributed by atoms with Gasteiger partial charge < -0.3 is 15.1 Å². The fourth-order valence-corrected chi connectivity index (χ4v) is 2.05. The number of carbonyl (C=O) groups excluding carboxylic acids is 1. The second-order valence-electron chi connectivity index (χ2n) is 4.27. The first-order chi connectivity index (χ1) is 7.77. The first kappa shape index (κ1) is 11.2. The summed E-state index contributed by atoms with van der Waals surface area (Å²) < 4.78 is 5.12. The molecule has 1 aliphatic rings. The molecule has 0 saturated carbocycles. The molecule has 1 aromatic heterocycles. The van der Waals surface area contributed by atoms with E-state index in [0.29, 0.717) is 18.3 Å². The quantitative estimate of drug-likeness (QED) is 0.811. The first-order valence-electron chi connectivity index (χ1n) is 5.83. The van der Waals surface area contributed by atoms with Crippen molar-refractivity contribution in [1.29, 1.82) is 0 Å². The van der Waals surface area contributed by atoms with Gasteiger partial charge in [-0.1, -0.05) is 0 Å². The van der Waals surface area contributed by atoms with Gasteiger partial charge >= 0.3 is 0 Å². The van der Waals surface area contributed by atoms with Crippen LogP contribution in [0.3, 0.4) is 0 Å². The fraction of sp³-hybridized carbons (Fsp3) is 0.583. The molecular weight excluding hydrogens is 204 g/mol. The van der Waals surface area contributed by atoms with Gasteiger partial charge in [0.15, 0.2) is 5.76 Å². The van der Waals surface area contributed by atoms with E-state index in [4.69, 9.17) is 4.42 Å². The highest BCUT2D eigenvalue weighted by atomic mass is 16.3. The molecule has 0 radical (unpaired) electrons. The van der Waals surface area contributed by atoms with Crippen molar-refractivity contribution >= 4 is 5.91 Å². The van der Waals surface area contributed by atoms with Gasteiger partial charge in [-0.3, -0.25) is 4.79 Å². The maximum Gasteiger partial charge on any atom is 0.287 e. The molecule has 0 aliphatic carbocycles. The summed E-state index contributed by atoms with van der Waals surface area (Å²) in [6, 6.07) is 2.37. The third-order valence-electron chi connectivity index (χ3n) is 3.01. The van der Waals surface area contributed by atoms with Gasteiger partial charge in [0.1, 0.15) is 0 Å². The molecule has 2 rings (SSSR count). The van der Waals surface area contributed by atoms with Crippen LogP contribution in [0.25, 0.3) is 0 Å². The molecule has 2 heterocycles. The van der Waals surface area contributed by atoms with E-state index in [1.165, 1.54) is 12.8 Å². The second-order valence-corrected chi connectivity index (χ2v) is 4.27. The van der Waals surface area contributed by atoms with E-state index < -0.39 is 0 Å². The van der Waals surface area contributed by atoms with Crippen LogP contribution in [0.15, 0.2) is 16.7 Å². The molecule has 0 spiro atoms. The van der Waals surface area contributed by atoms with Gasteiger partial charge in [0.2, 0.25) is 0 Å². The summed E-state index contributed by atoms with van der Waals surface area (Å²) in [5.74, 6) is 0.319. The number of hydrogen-bond acceptors (Lipinski definition) is 3. The Morgan fingerprint density at radius 2 is 2.56 bits per heavy atom. The Kier molecular flexibility index (Phi) is 3.62. The second kappa shape index (κ2) is 5.16. The van der Waals surface area contributed by atoms with Crippen molar-refractivity contribution in [3.05, 3.63) is 23.7 Å². The lowest BCUT2D eigenvalue weighted by atomic mass is 10.1. The molecule has 1 fully saturated rings. The van der Waals surface area contributed by atoms with Gasteiger partial charge in [0.05, 0.1) is 6.26 Å². The third kappa shape index (κ3) is 2.64. The monoisotopic (exact) mass is 222 g/mol. The minimum atomic E-state index is -0.111. The maximum atomic E-state index is 11.7. The van der Waals surface area contributed by atoms with E-state index >= 15 is 0 Å². The Morgan fingerprint density at radius 1 is 1.69 bits per heavy atom. The Balaban J connectivity index is 1.73. The van der Waals surface area contributed by atoms with Crippen LogP contribution in [0.4, 0.5) is 0 Å². The van der Waals surface area contributed by atoms with Gasteiger partial charge in [-0.2, -0.15) is 0 Å². The summed E-state index contributed by atoms with van der Waals surface area (Å²) in [4.78, 5) is 11.7. The molecule has 2 N–H and O–H groups in total. The smallest absolute Gasteiger partial charge is 0.287 e. The normalized spacial score (nSPS) is 19.9. The van der Waals surface area contributed by atoms with Gasteiger partial charge in [0, 0.05) is 18.2 Å². The van der Waals surface area contributed by atoms with Crippen molar-refractivity contribution in [1.82, 2.24) is 10.6 Å². The molecule has 0 aromatic carbocycles. The molecule has 1 saturated heterocycles. The van der Waals surface area contributed by atoms with Crippen molar-refractivity contribution in [3.63, 3.8) is 0 Å². The van der Waals surface area contributed by atoms with Crippen molar-refractivity contribution < 1.29 is 9.21 Å². The molecular formula is C12H18N2O2. The zero-order valence-electron chi connectivity index (χ0n) is 9.58. The lowest BCUT2D eigenvalue weighted by molar-refractivity contribution is 0.0924. The molecule has 1 amide bonds. The Hall–Kier alpha value is -1.29. The van der Waals surface area contributed by atoms with Crippen molar-refractivity contribution in [3.8, 4) is 0 Å². The van der Waals surface area contributed by atoms with Crippen molar-refractivity contribution in [2.45, 2.75) is 32.2 Å². The molecule has 1 unspecified atom stereocenters. The lowest BCUT2D eigenvalue weighted by Crippen LogP contribution is -2.30. The van der Waals surface area contributed by atoms with Crippen LogP contribution in [0.1, 0.15) is 35.4 Å². The average molecular weight is 222 g/mol. The van der Waals surface area contributed by atoms with E-state index in [1.807, 2.05) is 6.92 Å². The summed E-state index contributed by atoms with van der Waals surface area (Å²) in [5, 5.41) is 6.28. The number of nitrogens with one attached hydrogen (secondary N) is 2. The Morgan fingerprint density at radius 3 is 3.19 bits per heavy atom. The molecule has 88 valence electrons. The minimum Gasteiger partial charge on any atom is -0.459 e. The third-order valence-corrected chi connectivity index (χ3v) is 3.01. The van der Waals surface area contributed by atoms with Gasteiger partial charge in [0.25, 0.3) is 5.91 Å². The molecule has 16 heavy (non-hydrogen) atoms. The standard InChI is InChI=1S/C12H18N2O2/c1-9-5-8-16-11(9)12(15)14-7-4-10-3-2-6-13-10/h5,8,10,13H,2-4,6-7H2,1H3,(H,14,15). The van der Waals surface area contributed by atoms with Gasteiger partial charge in [-0.05, 0) is 38.8 Å². The summed E-state index contributed by atoms with van der Waals surface area (Å²) >= 11 is 0. The average Bonchev–Trinajstić information content (AvgIpc) is 2.88. The maximum absolute atomic E-state index is 11.7. The fourth-order valence-electron chi connectivity index (χ4n) is 2.05. The zero-order valence-corrected chi connectivity index (χ0v) is 9.58. The van der Waals surface area contributed by atoms with Crippen molar-refractivity contribution in [2.75, 3.05) is 13.1 Å². The first-order valence-corrected chi connectivity index (χ1v) is 5.83. The molecule has 4 heteroatoms. The predicted octanol–water partition coefficient (Wildman–Crippen LogP) is 1.46. The number of aryl methyl sites for hydroxylation is 1. The largest absolute Gasteiger partial charge is 0.459 e. The van der Waals surface area contributed by atoms with E-state index in [0.717, 1.165) is 18.5 Å². The molecule has 1 aliphatic heterocycles. The van der Waals surface area contributed by atoms with Gasteiger partial charge in [-0.15, -0.1) is 0 Å². The van der Waals surface area contributed by atoms with Crippen LogP contribution in [0, 0.1) is 6.92 Å². The minimum absolute atomic E-state index is 0.111. The van der Waals surface area contributed by atoms with Crippen LogP contribution in [0.5, 0.6) is 0 Å². The van der Waals surface area contributed by atoms with Crippen LogP contribution in [-0.4, -0.2) is 25.0 Å². The zero-order chi connectivity index (χ0) is 11.4. The van der Waals surface area contributed by atoms with E-state index in [1.54, 1.807) is 12.3 Å². The van der Waals surface area contributed by atoms with Crippen LogP contribution in [0.2, 0.25) is 0 Å². The summed E-state index contributed by atoms with van der Waals surface area (Å²) in [6.07, 6.45) is 5.00. The van der Waals surface area contributed by atoms with Crippen LogP contribution in [-0.2, 0) is 0 Å². The highest BCUT2D eigenvalue weighted by Crippen LogP contribution is 2.09. The van der Waals surface area contributed by atoms with E-state index in [-0.39, 0.29) is 5.91 Å². The molecule has 0 bridgehead atoms. The topological polar surface area (TPSA) is 54.3 Å². The molecule has 1 atom stereocenters. The number of hydrogen-bond donors (Lipinski definition) is 2. The number of amides is 1. The number of rotatable bonds is 4. The summed E-state index contributed by atoms with van der Waals surface area (Å²) in [6.45, 7) is 3.68. The lowest BCUT2D eigenvalue weighted by Gasteiger charge is -2.10. The van der Waals surface area contributed by atoms with Gasteiger partial charge in [-0.25, -0.2) is 0 Å². The highest BCUT2D eigenvalue weighted by molar-refractivity contribution is 5.92. The van der Waals surface area contributed by atoms with Crippen LogP contribution >= 0.6 is 0 Å². The summed E-state index contributed by atoms with van der Waals surface area (Å²) in [7, 11) is 0. The van der Waals surface area contributed by atoms with Crippen LogP contribution < -0.4 is 10.6 Å². The number of carbonyl (C=O) groups is 1.